The van der Waals surface area contributed by atoms with Crippen molar-refractivity contribution in [3.8, 4) is 5.75 Å². The smallest absolute Gasteiger partial charge is 0.233 e. The molecule has 1 aromatic carbocycles. The van der Waals surface area contributed by atoms with E-state index in [1.54, 1.807) is 4.72 Å². The molecule has 0 aromatic heterocycles. The van der Waals surface area contributed by atoms with Crippen LogP contribution in [-0.4, -0.2) is 27.2 Å². The summed E-state index contributed by atoms with van der Waals surface area (Å²) in [7, 11) is -3.57. The van der Waals surface area contributed by atoms with Crippen LogP contribution in [0.4, 0.5) is 8.78 Å². The molecule has 0 heterocycles. The lowest BCUT2D eigenvalue weighted by atomic mass is 10.3. The zero-order chi connectivity index (χ0) is 14.5. The highest BCUT2D eigenvalue weighted by Crippen LogP contribution is 2.17. The molecule has 0 spiro atoms. The highest BCUT2D eigenvalue weighted by atomic mass is 32.2. The molecule has 0 radical (unpaired) electrons. The molecule has 0 aliphatic rings. The van der Waals surface area contributed by atoms with Crippen molar-refractivity contribution >= 4 is 15.9 Å². The zero-order valence-electron chi connectivity index (χ0n) is 10.2. The van der Waals surface area contributed by atoms with E-state index in [0.29, 0.717) is 6.07 Å². The average Bonchev–Trinajstić information content (AvgIpc) is 2.24. The molecule has 0 atom stereocenters. The third kappa shape index (κ3) is 6.14. The Balaban J connectivity index is 2.33. The van der Waals surface area contributed by atoms with Crippen molar-refractivity contribution in [3.05, 3.63) is 29.8 Å². The maximum absolute atomic E-state index is 13.1. The highest BCUT2D eigenvalue weighted by Gasteiger charge is 2.09. The summed E-state index contributed by atoms with van der Waals surface area (Å²) in [4.78, 5) is 11.1. The van der Waals surface area contributed by atoms with Gasteiger partial charge in [-0.15, -0.1) is 0 Å². The molecule has 106 valence electrons. The number of rotatable bonds is 6. The number of halogens is 2. The van der Waals surface area contributed by atoms with Crippen molar-refractivity contribution in [2.24, 2.45) is 0 Å². The minimum Gasteiger partial charge on any atom is -0.491 e. The van der Waals surface area contributed by atoms with Crippen LogP contribution >= 0.6 is 0 Å². The molecule has 0 unspecified atom stereocenters. The number of carbonyl (C=O) groups excluding carboxylic acids is 1. The lowest BCUT2D eigenvalue weighted by Crippen LogP contribution is -2.29. The first-order chi connectivity index (χ1) is 8.78. The standard InChI is InChI=1S/C11H13F2NO4S/c1-19(16,17)14-11(15)3-2-6-18-10-5-4-8(12)7-9(10)13/h4-5,7H,2-3,6H2,1H3,(H,14,15). The fourth-order valence-electron chi connectivity index (χ4n) is 1.26. The van der Waals surface area contributed by atoms with Crippen molar-refractivity contribution < 1.29 is 26.7 Å². The number of benzene rings is 1. The van der Waals surface area contributed by atoms with Gasteiger partial charge >= 0.3 is 0 Å². The maximum atomic E-state index is 13.1. The topological polar surface area (TPSA) is 72.5 Å². The van der Waals surface area contributed by atoms with Crippen molar-refractivity contribution in [1.82, 2.24) is 4.72 Å². The molecule has 0 saturated carbocycles. The molecule has 1 N–H and O–H groups in total. The third-order valence-electron chi connectivity index (χ3n) is 2.00. The summed E-state index contributed by atoms with van der Waals surface area (Å²) in [5, 5.41) is 0. The lowest BCUT2D eigenvalue weighted by molar-refractivity contribution is -0.119. The van der Waals surface area contributed by atoms with Crippen molar-refractivity contribution in [2.75, 3.05) is 12.9 Å². The molecule has 1 amide bonds. The van der Waals surface area contributed by atoms with Crippen LogP contribution in [0, 0.1) is 11.6 Å². The molecule has 0 saturated heterocycles. The van der Waals surface area contributed by atoms with Gasteiger partial charge in [0, 0.05) is 12.5 Å². The Morgan fingerprint density at radius 2 is 2.05 bits per heavy atom. The Bertz CT molecular complexity index is 560. The fourth-order valence-corrected chi connectivity index (χ4v) is 1.78. The minimum absolute atomic E-state index is 0.0136. The van der Waals surface area contributed by atoms with Gasteiger partial charge in [-0.25, -0.2) is 17.2 Å². The fraction of sp³-hybridized carbons (Fsp3) is 0.364. The van der Waals surface area contributed by atoms with Gasteiger partial charge in [-0.05, 0) is 18.6 Å². The second-order valence-corrected chi connectivity index (χ2v) is 5.57. The van der Waals surface area contributed by atoms with Crippen molar-refractivity contribution in [1.29, 1.82) is 0 Å². The SMILES string of the molecule is CS(=O)(=O)NC(=O)CCCOc1ccc(F)cc1F. The van der Waals surface area contributed by atoms with Gasteiger partial charge in [0.15, 0.2) is 11.6 Å². The maximum Gasteiger partial charge on any atom is 0.233 e. The van der Waals surface area contributed by atoms with Gasteiger partial charge in [-0.2, -0.15) is 0 Å². The summed E-state index contributed by atoms with van der Waals surface area (Å²) in [6.07, 6.45) is 1.00. The first-order valence-corrected chi connectivity index (χ1v) is 7.25. The van der Waals surface area contributed by atoms with Gasteiger partial charge in [-0.3, -0.25) is 9.52 Å². The van der Waals surface area contributed by atoms with Gasteiger partial charge in [0.1, 0.15) is 5.82 Å². The quantitative estimate of drug-likeness (QED) is 0.800. The Labute approximate surface area is 109 Å². The molecule has 0 fully saturated rings. The van der Waals surface area contributed by atoms with Gasteiger partial charge in [0.25, 0.3) is 0 Å². The van der Waals surface area contributed by atoms with Gasteiger partial charge in [0.2, 0.25) is 15.9 Å². The van der Waals surface area contributed by atoms with E-state index in [4.69, 9.17) is 4.74 Å². The van der Waals surface area contributed by atoms with E-state index in [1.807, 2.05) is 0 Å². The molecular weight excluding hydrogens is 280 g/mol. The lowest BCUT2D eigenvalue weighted by Gasteiger charge is -2.07. The Kier molecular flexibility index (Phi) is 5.22. The largest absolute Gasteiger partial charge is 0.491 e. The summed E-state index contributed by atoms with van der Waals surface area (Å²) in [5.41, 5.74) is 0. The second kappa shape index (κ2) is 6.46. The summed E-state index contributed by atoms with van der Waals surface area (Å²) in [6, 6.07) is 2.88. The van der Waals surface area contributed by atoms with E-state index in [2.05, 4.69) is 0 Å². The van der Waals surface area contributed by atoms with Crippen molar-refractivity contribution in [3.63, 3.8) is 0 Å². The van der Waals surface area contributed by atoms with Crippen LogP contribution in [0.2, 0.25) is 0 Å². The summed E-state index contributed by atoms with van der Waals surface area (Å²) >= 11 is 0. The molecular formula is C11H13F2NO4S. The van der Waals surface area contributed by atoms with Crippen molar-refractivity contribution in [2.45, 2.75) is 12.8 Å². The molecule has 1 rings (SSSR count). The van der Waals surface area contributed by atoms with E-state index in [0.717, 1.165) is 18.4 Å². The van der Waals surface area contributed by atoms with Gasteiger partial charge < -0.3 is 4.74 Å². The molecule has 0 bridgehead atoms. The van der Waals surface area contributed by atoms with E-state index in [9.17, 15) is 22.0 Å². The molecule has 0 aliphatic heterocycles. The van der Waals surface area contributed by atoms with Gasteiger partial charge in [0.05, 0.1) is 12.9 Å². The van der Waals surface area contributed by atoms with Crippen LogP contribution in [0.1, 0.15) is 12.8 Å². The highest BCUT2D eigenvalue weighted by molar-refractivity contribution is 7.89. The number of nitrogens with one attached hydrogen (secondary N) is 1. The Hall–Kier alpha value is -1.70. The van der Waals surface area contributed by atoms with Crippen LogP contribution in [0.15, 0.2) is 18.2 Å². The van der Waals surface area contributed by atoms with E-state index >= 15 is 0 Å². The number of carbonyl (C=O) groups is 1. The first kappa shape index (κ1) is 15.4. The normalized spacial score (nSPS) is 11.1. The molecule has 5 nitrogen and oxygen atoms in total. The van der Waals surface area contributed by atoms with Gasteiger partial charge in [-0.1, -0.05) is 0 Å². The van der Waals surface area contributed by atoms with Crippen LogP contribution < -0.4 is 9.46 Å². The zero-order valence-corrected chi connectivity index (χ0v) is 11.0. The number of ether oxygens (including phenoxy) is 1. The van der Waals surface area contributed by atoms with Crippen LogP contribution in [0.3, 0.4) is 0 Å². The predicted octanol–water partition coefficient (Wildman–Crippen LogP) is 1.20. The number of hydrogen-bond acceptors (Lipinski definition) is 4. The van der Waals surface area contributed by atoms with E-state index < -0.39 is 27.6 Å². The summed E-state index contributed by atoms with van der Waals surface area (Å²) < 4.78 is 54.0. The van der Waals surface area contributed by atoms with Crippen LogP contribution in [-0.2, 0) is 14.8 Å². The second-order valence-electron chi connectivity index (χ2n) is 3.82. The minimum atomic E-state index is -3.57. The molecule has 1 aromatic rings. The summed E-state index contributed by atoms with van der Waals surface area (Å²) in [5.74, 6) is -2.33. The number of amides is 1. The molecule has 8 heteroatoms. The number of sulfonamides is 1. The van der Waals surface area contributed by atoms with Crippen LogP contribution in [0.25, 0.3) is 0 Å². The van der Waals surface area contributed by atoms with Crippen LogP contribution in [0.5, 0.6) is 5.75 Å². The monoisotopic (exact) mass is 293 g/mol. The number of hydrogen-bond donors (Lipinski definition) is 1. The molecule has 0 aliphatic carbocycles. The predicted molar refractivity (Wildman–Crippen MR) is 64.1 cm³/mol. The Morgan fingerprint density at radius 1 is 1.37 bits per heavy atom. The Morgan fingerprint density at radius 3 is 2.63 bits per heavy atom. The van der Waals surface area contributed by atoms with E-state index in [-0.39, 0.29) is 25.2 Å². The average molecular weight is 293 g/mol. The first-order valence-electron chi connectivity index (χ1n) is 5.36. The third-order valence-corrected chi connectivity index (χ3v) is 2.60. The molecule has 19 heavy (non-hydrogen) atoms. The summed E-state index contributed by atoms with van der Waals surface area (Å²) in [6.45, 7) is 0.0136. The van der Waals surface area contributed by atoms with E-state index in [1.165, 1.54) is 0 Å².